The molecule has 120 valence electrons. The van der Waals surface area contributed by atoms with Gasteiger partial charge < -0.3 is 9.47 Å². The average Bonchev–Trinajstić information content (AvgIpc) is 2.59. The maximum absolute atomic E-state index is 9.38. The fourth-order valence-corrected chi connectivity index (χ4v) is 2.40. The Hall–Kier alpha value is -2.47. The van der Waals surface area contributed by atoms with E-state index in [1.807, 2.05) is 36.4 Å². The molecule has 1 unspecified atom stereocenters. The molecule has 0 fully saturated rings. The van der Waals surface area contributed by atoms with Gasteiger partial charge in [0, 0.05) is 6.42 Å². The van der Waals surface area contributed by atoms with Gasteiger partial charge in [0.05, 0.1) is 25.7 Å². The van der Waals surface area contributed by atoms with Crippen molar-refractivity contribution < 1.29 is 9.47 Å². The van der Waals surface area contributed by atoms with Crippen LogP contribution in [-0.4, -0.2) is 13.7 Å². The Kier molecular flexibility index (Phi) is 6.05. The summed E-state index contributed by atoms with van der Waals surface area (Å²) >= 11 is 0. The first kappa shape index (κ1) is 16.9. The molecule has 1 atom stereocenters. The summed E-state index contributed by atoms with van der Waals surface area (Å²) in [6, 6.07) is 18.1. The van der Waals surface area contributed by atoms with Crippen LogP contribution in [0.1, 0.15) is 43.2 Å². The number of rotatable bonds is 7. The second-order valence-electron chi connectivity index (χ2n) is 5.82. The average molecular weight is 309 g/mol. The molecule has 0 saturated carbocycles. The molecule has 0 saturated heterocycles. The van der Waals surface area contributed by atoms with Crippen LogP contribution in [0.15, 0.2) is 48.5 Å². The predicted molar refractivity (Wildman–Crippen MR) is 92.0 cm³/mol. The second-order valence-corrected chi connectivity index (χ2v) is 5.82. The molecule has 2 rings (SSSR count). The Morgan fingerprint density at radius 1 is 1.00 bits per heavy atom. The van der Waals surface area contributed by atoms with Crippen LogP contribution >= 0.6 is 0 Å². The highest BCUT2D eigenvalue weighted by molar-refractivity contribution is 5.32. The molecular formula is C20H23NO2. The molecule has 0 aliphatic heterocycles. The second kappa shape index (κ2) is 8.24. The lowest BCUT2D eigenvalue weighted by atomic mass is 9.97. The van der Waals surface area contributed by atoms with E-state index in [0.29, 0.717) is 18.9 Å². The van der Waals surface area contributed by atoms with Crippen LogP contribution in [0, 0.1) is 11.3 Å². The number of benzene rings is 2. The Balaban J connectivity index is 1.93. The lowest BCUT2D eigenvalue weighted by Gasteiger charge is -2.13. The molecule has 0 aromatic heterocycles. The topological polar surface area (TPSA) is 42.2 Å². The van der Waals surface area contributed by atoms with Gasteiger partial charge in [0.25, 0.3) is 0 Å². The summed E-state index contributed by atoms with van der Waals surface area (Å²) in [6.07, 6.45) is 0.661. The zero-order valence-corrected chi connectivity index (χ0v) is 14.0. The summed E-state index contributed by atoms with van der Waals surface area (Å²) < 4.78 is 11.0. The summed E-state index contributed by atoms with van der Waals surface area (Å²) in [5.41, 5.74) is 2.25. The minimum Gasteiger partial charge on any atom is -0.497 e. The van der Waals surface area contributed by atoms with Crippen LogP contribution in [0.3, 0.4) is 0 Å². The lowest BCUT2D eigenvalue weighted by molar-refractivity contribution is 0.305. The van der Waals surface area contributed by atoms with Crippen LogP contribution in [0.5, 0.6) is 11.5 Å². The van der Waals surface area contributed by atoms with E-state index < -0.39 is 0 Å². The van der Waals surface area contributed by atoms with Crippen molar-refractivity contribution in [2.75, 3.05) is 13.7 Å². The summed E-state index contributed by atoms with van der Waals surface area (Å²) in [6.45, 7) is 4.84. The van der Waals surface area contributed by atoms with Crippen molar-refractivity contribution in [2.24, 2.45) is 0 Å². The molecule has 0 aliphatic rings. The maximum Gasteiger partial charge on any atom is 0.119 e. The minimum absolute atomic E-state index is 0.172. The molecule has 0 amide bonds. The molecule has 2 aromatic carbocycles. The normalized spacial score (nSPS) is 11.8. The van der Waals surface area contributed by atoms with E-state index >= 15 is 0 Å². The van der Waals surface area contributed by atoms with Gasteiger partial charge in [-0.05, 0) is 41.3 Å². The van der Waals surface area contributed by atoms with Gasteiger partial charge in [-0.3, -0.25) is 0 Å². The smallest absolute Gasteiger partial charge is 0.119 e. The van der Waals surface area contributed by atoms with Gasteiger partial charge in [-0.1, -0.05) is 38.1 Å². The number of nitrogens with zero attached hydrogens (tertiary/aromatic N) is 1. The molecule has 2 aromatic rings. The highest BCUT2D eigenvalue weighted by atomic mass is 16.5. The number of ether oxygens (including phenoxy) is 2. The minimum atomic E-state index is -0.172. The summed E-state index contributed by atoms with van der Waals surface area (Å²) in [5.74, 6) is 1.97. The molecule has 0 N–H and O–H groups in total. The van der Waals surface area contributed by atoms with E-state index in [-0.39, 0.29) is 5.92 Å². The first-order valence-corrected chi connectivity index (χ1v) is 7.90. The van der Waals surface area contributed by atoms with Crippen molar-refractivity contribution in [1.82, 2.24) is 0 Å². The summed E-state index contributed by atoms with van der Waals surface area (Å²) in [7, 11) is 1.63. The van der Waals surface area contributed by atoms with Crippen molar-refractivity contribution in [3.8, 4) is 17.6 Å². The van der Waals surface area contributed by atoms with Crippen molar-refractivity contribution in [3.63, 3.8) is 0 Å². The maximum atomic E-state index is 9.38. The van der Waals surface area contributed by atoms with Crippen LogP contribution in [0.2, 0.25) is 0 Å². The van der Waals surface area contributed by atoms with Gasteiger partial charge in [-0.15, -0.1) is 0 Å². The molecule has 0 radical (unpaired) electrons. The number of methoxy groups -OCH3 is 1. The quantitative estimate of drug-likeness (QED) is 0.731. The number of nitriles is 1. The molecule has 3 heteroatoms. The van der Waals surface area contributed by atoms with E-state index in [1.165, 1.54) is 5.56 Å². The first-order valence-electron chi connectivity index (χ1n) is 7.90. The van der Waals surface area contributed by atoms with Gasteiger partial charge in [0.2, 0.25) is 0 Å². The summed E-state index contributed by atoms with van der Waals surface area (Å²) in [4.78, 5) is 0. The molecule has 0 aliphatic carbocycles. The van der Waals surface area contributed by atoms with E-state index in [0.717, 1.165) is 17.1 Å². The van der Waals surface area contributed by atoms with Gasteiger partial charge in [0.1, 0.15) is 11.5 Å². The number of hydrogen-bond acceptors (Lipinski definition) is 3. The zero-order valence-electron chi connectivity index (χ0n) is 14.0. The van der Waals surface area contributed by atoms with E-state index in [2.05, 4.69) is 32.0 Å². The van der Waals surface area contributed by atoms with Crippen LogP contribution < -0.4 is 9.47 Å². The third-order valence-electron chi connectivity index (χ3n) is 3.87. The molecule has 3 nitrogen and oxygen atoms in total. The van der Waals surface area contributed by atoms with Gasteiger partial charge in [-0.2, -0.15) is 5.26 Å². The number of hydrogen-bond donors (Lipinski definition) is 0. The van der Waals surface area contributed by atoms with Crippen molar-refractivity contribution in [2.45, 2.75) is 32.1 Å². The third kappa shape index (κ3) is 4.75. The van der Waals surface area contributed by atoms with Crippen molar-refractivity contribution in [3.05, 3.63) is 59.7 Å². The Morgan fingerprint density at radius 2 is 1.74 bits per heavy atom. The molecular weight excluding hydrogens is 286 g/mol. The highest BCUT2D eigenvalue weighted by Gasteiger charge is 2.11. The van der Waals surface area contributed by atoms with E-state index in [9.17, 15) is 5.26 Å². The van der Waals surface area contributed by atoms with Crippen LogP contribution in [0.25, 0.3) is 0 Å². The van der Waals surface area contributed by atoms with E-state index in [4.69, 9.17) is 9.47 Å². The first-order chi connectivity index (χ1) is 11.1. The summed E-state index contributed by atoms with van der Waals surface area (Å²) in [5, 5.41) is 9.38. The van der Waals surface area contributed by atoms with Gasteiger partial charge in [-0.25, -0.2) is 0 Å². The Labute approximate surface area is 138 Å². The monoisotopic (exact) mass is 309 g/mol. The molecule has 23 heavy (non-hydrogen) atoms. The SMILES string of the molecule is COc1ccc(C(C#N)CCOc2cccc(C(C)C)c2)cc1. The van der Waals surface area contributed by atoms with Crippen molar-refractivity contribution >= 4 is 0 Å². The van der Waals surface area contributed by atoms with E-state index in [1.54, 1.807) is 7.11 Å². The van der Waals surface area contributed by atoms with Gasteiger partial charge in [0.15, 0.2) is 0 Å². The largest absolute Gasteiger partial charge is 0.497 e. The van der Waals surface area contributed by atoms with Gasteiger partial charge >= 0.3 is 0 Å². The van der Waals surface area contributed by atoms with Crippen LogP contribution in [-0.2, 0) is 0 Å². The van der Waals surface area contributed by atoms with Crippen molar-refractivity contribution in [1.29, 1.82) is 5.26 Å². The van der Waals surface area contributed by atoms with Crippen LogP contribution in [0.4, 0.5) is 0 Å². The fourth-order valence-electron chi connectivity index (χ4n) is 2.40. The fraction of sp³-hybridized carbons (Fsp3) is 0.350. The molecule has 0 heterocycles. The predicted octanol–water partition coefficient (Wildman–Crippen LogP) is 4.89. The third-order valence-corrected chi connectivity index (χ3v) is 3.87. The highest BCUT2D eigenvalue weighted by Crippen LogP contribution is 2.24. The Bertz CT molecular complexity index is 656. The lowest BCUT2D eigenvalue weighted by Crippen LogP contribution is -2.05. The zero-order chi connectivity index (χ0) is 16.7. The molecule has 0 spiro atoms. The Morgan fingerprint density at radius 3 is 2.35 bits per heavy atom. The standard InChI is InChI=1S/C20H23NO2/c1-15(2)17-5-4-6-20(13-17)23-12-11-18(14-21)16-7-9-19(22-3)10-8-16/h4-10,13,15,18H,11-12H2,1-3H3. The molecule has 0 bridgehead atoms.